The number of aromatic nitrogens is 4. The molecule has 0 unspecified atom stereocenters. The normalized spacial score (nSPS) is 13.7. The number of amides is 1. The van der Waals surface area contributed by atoms with Gasteiger partial charge in [-0.2, -0.15) is 18.3 Å². The van der Waals surface area contributed by atoms with Crippen molar-refractivity contribution >= 4 is 23.1 Å². The minimum Gasteiger partial charge on any atom is -0.494 e. The number of aryl methyl sites for hydroxylation is 1. The van der Waals surface area contributed by atoms with Gasteiger partial charge in [0.1, 0.15) is 12.1 Å². The highest BCUT2D eigenvalue weighted by atomic mass is 19.4. The van der Waals surface area contributed by atoms with Gasteiger partial charge >= 0.3 is 6.18 Å². The van der Waals surface area contributed by atoms with Crippen molar-refractivity contribution in [2.75, 3.05) is 17.7 Å². The number of halogens is 3. The number of benzene rings is 1. The minimum absolute atomic E-state index is 0.0360. The second kappa shape index (κ2) is 7.89. The van der Waals surface area contributed by atoms with Gasteiger partial charge in [0, 0.05) is 25.2 Å². The molecular formula is C20H19F3N6O2. The van der Waals surface area contributed by atoms with Crippen molar-refractivity contribution in [1.82, 2.24) is 19.7 Å². The van der Waals surface area contributed by atoms with Crippen LogP contribution in [-0.4, -0.2) is 32.8 Å². The smallest absolute Gasteiger partial charge is 0.419 e. The molecule has 1 aliphatic carbocycles. The van der Waals surface area contributed by atoms with E-state index in [0.717, 1.165) is 18.9 Å². The van der Waals surface area contributed by atoms with E-state index < -0.39 is 11.7 Å². The average Bonchev–Trinajstić information content (AvgIpc) is 3.48. The molecule has 1 fully saturated rings. The Morgan fingerprint density at radius 3 is 2.61 bits per heavy atom. The van der Waals surface area contributed by atoms with Gasteiger partial charge in [0.05, 0.1) is 29.6 Å². The van der Waals surface area contributed by atoms with Crippen LogP contribution in [0.2, 0.25) is 0 Å². The minimum atomic E-state index is -4.65. The summed E-state index contributed by atoms with van der Waals surface area (Å²) in [5.41, 5.74) is -0.444. The van der Waals surface area contributed by atoms with E-state index in [1.165, 1.54) is 18.1 Å². The quantitative estimate of drug-likeness (QED) is 0.612. The molecule has 1 amide bonds. The third-order valence-corrected chi connectivity index (χ3v) is 4.74. The van der Waals surface area contributed by atoms with Crippen LogP contribution in [0.5, 0.6) is 5.75 Å². The van der Waals surface area contributed by atoms with Crippen LogP contribution in [0.15, 0.2) is 36.8 Å². The summed E-state index contributed by atoms with van der Waals surface area (Å²) in [7, 11) is 3.11. The van der Waals surface area contributed by atoms with Crippen LogP contribution >= 0.6 is 0 Å². The van der Waals surface area contributed by atoms with Crippen LogP contribution in [-0.2, 0) is 18.0 Å². The number of hydrogen-bond donors (Lipinski definition) is 2. The second-order valence-electron chi connectivity index (χ2n) is 7.13. The van der Waals surface area contributed by atoms with E-state index in [0.29, 0.717) is 17.6 Å². The van der Waals surface area contributed by atoms with Gasteiger partial charge < -0.3 is 15.4 Å². The van der Waals surface area contributed by atoms with Crippen molar-refractivity contribution < 1.29 is 22.7 Å². The number of rotatable bonds is 6. The van der Waals surface area contributed by atoms with Crippen LogP contribution in [0.3, 0.4) is 0 Å². The highest BCUT2D eigenvalue weighted by Crippen LogP contribution is 2.41. The first-order chi connectivity index (χ1) is 14.8. The SMILES string of the molecule is COc1c(Nc2cc(NC(=O)C3CC3)ncc2C(F)(F)F)cccc1-c1ncn(C)n1. The maximum absolute atomic E-state index is 13.6. The summed E-state index contributed by atoms with van der Waals surface area (Å²) < 4.78 is 47.7. The fourth-order valence-electron chi connectivity index (χ4n) is 3.07. The lowest BCUT2D eigenvalue weighted by atomic mass is 10.1. The molecule has 0 bridgehead atoms. The number of para-hydroxylation sites is 1. The van der Waals surface area contributed by atoms with Crippen molar-refractivity contribution in [1.29, 1.82) is 0 Å². The summed E-state index contributed by atoms with van der Waals surface area (Å²) in [5.74, 6) is 0.324. The second-order valence-corrected chi connectivity index (χ2v) is 7.13. The first-order valence-electron chi connectivity index (χ1n) is 9.44. The monoisotopic (exact) mass is 432 g/mol. The van der Waals surface area contributed by atoms with Gasteiger partial charge in [-0.1, -0.05) is 6.07 Å². The number of nitrogens with zero attached hydrogens (tertiary/aromatic N) is 4. The fourth-order valence-corrected chi connectivity index (χ4v) is 3.07. The molecule has 1 saturated carbocycles. The summed E-state index contributed by atoms with van der Waals surface area (Å²) >= 11 is 0. The zero-order chi connectivity index (χ0) is 22.2. The number of carbonyl (C=O) groups is 1. The molecule has 0 spiro atoms. The average molecular weight is 432 g/mol. The maximum Gasteiger partial charge on any atom is 0.419 e. The van der Waals surface area contributed by atoms with Crippen LogP contribution in [0.1, 0.15) is 18.4 Å². The van der Waals surface area contributed by atoms with Crippen LogP contribution in [0.25, 0.3) is 11.4 Å². The molecule has 1 aliphatic rings. The number of pyridine rings is 1. The molecule has 2 aromatic heterocycles. The lowest BCUT2D eigenvalue weighted by Gasteiger charge is -2.18. The van der Waals surface area contributed by atoms with E-state index in [1.807, 2.05) is 0 Å². The summed E-state index contributed by atoms with van der Waals surface area (Å²) in [4.78, 5) is 19.9. The number of hydrogen-bond acceptors (Lipinski definition) is 6. The zero-order valence-corrected chi connectivity index (χ0v) is 16.7. The van der Waals surface area contributed by atoms with Gasteiger partial charge in [0.25, 0.3) is 0 Å². The van der Waals surface area contributed by atoms with Gasteiger partial charge in [0.15, 0.2) is 11.6 Å². The van der Waals surface area contributed by atoms with Gasteiger partial charge in [-0.15, -0.1) is 0 Å². The van der Waals surface area contributed by atoms with Crippen molar-refractivity contribution in [3.63, 3.8) is 0 Å². The van der Waals surface area contributed by atoms with E-state index in [4.69, 9.17) is 4.74 Å². The largest absolute Gasteiger partial charge is 0.494 e. The van der Waals surface area contributed by atoms with Gasteiger partial charge in [0.2, 0.25) is 5.91 Å². The molecule has 0 radical (unpaired) electrons. The molecule has 2 heterocycles. The van der Waals surface area contributed by atoms with Gasteiger partial charge in [-0.25, -0.2) is 9.97 Å². The van der Waals surface area contributed by atoms with E-state index in [9.17, 15) is 18.0 Å². The Morgan fingerprint density at radius 2 is 2.00 bits per heavy atom. The van der Waals surface area contributed by atoms with Crippen molar-refractivity contribution in [3.05, 3.63) is 42.4 Å². The Balaban J connectivity index is 1.72. The molecule has 2 N–H and O–H groups in total. The summed E-state index contributed by atoms with van der Waals surface area (Å²) in [6, 6.07) is 6.10. The molecular weight excluding hydrogens is 413 g/mol. The first-order valence-corrected chi connectivity index (χ1v) is 9.44. The lowest BCUT2D eigenvalue weighted by Crippen LogP contribution is -2.16. The van der Waals surface area contributed by atoms with Gasteiger partial charge in [-0.05, 0) is 25.0 Å². The third-order valence-electron chi connectivity index (χ3n) is 4.74. The summed E-state index contributed by atoms with van der Waals surface area (Å²) in [6.07, 6.45) is -0.913. The number of ether oxygens (including phenoxy) is 1. The Hall–Kier alpha value is -3.63. The van der Waals surface area contributed by atoms with Gasteiger partial charge in [-0.3, -0.25) is 9.48 Å². The van der Waals surface area contributed by atoms with E-state index in [1.54, 1.807) is 25.2 Å². The van der Waals surface area contributed by atoms with E-state index >= 15 is 0 Å². The Morgan fingerprint density at radius 1 is 1.23 bits per heavy atom. The zero-order valence-electron chi connectivity index (χ0n) is 16.7. The topological polar surface area (TPSA) is 94.0 Å². The fraction of sp³-hybridized carbons (Fsp3) is 0.300. The third kappa shape index (κ3) is 4.44. The number of carbonyl (C=O) groups excluding carboxylic acids is 1. The molecule has 4 rings (SSSR count). The van der Waals surface area contributed by atoms with Crippen molar-refractivity contribution in [2.24, 2.45) is 13.0 Å². The van der Waals surface area contributed by atoms with E-state index in [2.05, 4.69) is 25.7 Å². The Labute approximate surface area is 175 Å². The number of alkyl halides is 3. The molecule has 1 aromatic carbocycles. The molecule has 8 nitrogen and oxygen atoms in total. The van der Waals surface area contributed by atoms with Crippen LogP contribution in [0.4, 0.5) is 30.4 Å². The molecule has 0 atom stereocenters. The number of nitrogens with one attached hydrogen (secondary N) is 2. The van der Waals surface area contributed by atoms with Crippen LogP contribution < -0.4 is 15.4 Å². The maximum atomic E-state index is 13.6. The molecule has 11 heteroatoms. The number of methoxy groups -OCH3 is 1. The molecule has 0 aliphatic heterocycles. The van der Waals surface area contributed by atoms with Crippen molar-refractivity contribution in [3.8, 4) is 17.1 Å². The first kappa shape index (κ1) is 20.6. The van der Waals surface area contributed by atoms with Crippen molar-refractivity contribution in [2.45, 2.75) is 19.0 Å². The number of anilines is 3. The predicted octanol–water partition coefficient (Wildman–Crippen LogP) is 4.00. The molecule has 0 saturated heterocycles. The molecule has 31 heavy (non-hydrogen) atoms. The van der Waals surface area contributed by atoms with E-state index in [-0.39, 0.29) is 34.8 Å². The summed E-state index contributed by atoms with van der Waals surface area (Å²) in [5, 5.41) is 9.57. The predicted molar refractivity (Wildman–Crippen MR) is 107 cm³/mol. The molecule has 162 valence electrons. The lowest BCUT2D eigenvalue weighted by molar-refractivity contribution is -0.137. The Bertz CT molecular complexity index is 1120. The van der Waals surface area contributed by atoms with Crippen LogP contribution in [0, 0.1) is 5.92 Å². The highest BCUT2D eigenvalue weighted by Gasteiger charge is 2.35. The standard InChI is InChI=1S/C20H19F3N6O2/c1-29-10-25-18(28-29)12-4-3-5-14(17(12)31-2)26-15-8-16(27-19(30)11-6-7-11)24-9-13(15)20(21,22)23/h3-5,8-11H,6-7H2,1-2H3,(H2,24,26,27,30). The molecule has 3 aromatic rings. The summed E-state index contributed by atoms with van der Waals surface area (Å²) in [6.45, 7) is 0. The highest BCUT2D eigenvalue weighted by molar-refractivity contribution is 5.93. The Kier molecular flexibility index (Phi) is 5.25.